The zero-order chi connectivity index (χ0) is 13.2. The summed E-state index contributed by atoms with van der Waals surface area (Å²) < 4.78 is 10.7. The number of methoxy groups -OCH3 is 2. The van der Waals surface area contributed by atoms with Gasteiger partial charge in [-0.2, -0.15) is 0 Å². The normalized spacial score (nSPS) is 13.7. The summed E-state index contributed by atoms with van der Waals surface area (Å²) in [5.41, 5.74) is 3.45. The van der Waals surface area contributed by atoms with Crippen molar-refractivity contribution in [3.63, 3.8) is 0 Å². The summed E-state index contributed by atoms with van der Waals surface area (Å²) in [6, 6.07) is 8.05. The Morgan fingerprint density at radius 2 is 2.05 bits per heavy atom. The van der Waals surface area contributed by atoms with E-state index in [1.165, 1.54) is 10.4 Å². The van der Waals surface area contributed by atoms with Crippen molar-refractivity contribution in [2.75, 3.05) is 20.8 Å². The first kappa shape index (κ1) is 12.2. The van der Waals surface area contributed by atoms with E-state index in [1.807, 2.05) is 18.2 Å². The third-order valence-corrected chi connectivity index (χ3v) is 4.24. The van der Waals surface area contributed by atoms with Crippen molar-refractivity contribution < 1.29 is 9.47 Å². The third kappa shape index (κ3) is 2.12. The number of nitrogens with zero attached hydrogens (tertiary/aromatic N) is 1. The standard InChI is InChI=1S/C15H15NO2S/c1-17-11-3-4-12(13(9-11)18-2)14-15-10(5-7-16-14)6-8-19-15/h3-4,6,8-9H,5,7H2,1-2H3. The first-order chi connectivity index (χ1) is 9.33. The summed E-state index contributed by atoms with van der Waals surface area (Å²) >= 11 is 1.74. The average molecular weight is 273 g/mol. The lowest BCUT2D eigenvalue weighted by Crippen LogP contribution is -2.12. The molecule has 0 unspecified atom stereocenters. The van der Waals surface area contributed by atoms with Crippen LogP contribution < -0.4 is 9.47 Å². The Morgan fingerprint density at radius 3 is 2.84 bits per heavy atom. The fourth-order valence-corrected chi connectivity index (χ4v) is 3.28. The molecule has 98 valence electrons. The molecule has 0 atom stereocenters. The van der Waals surface area contributed by atoms with Gasteiger partial charge in [-0.25, -0.2) is 0 Å². The summed E-state index contributed by atoms with van der Waals surface area (Å²) in [4.78, 5) is 5.94. The van der Waals surface area contributed by atoms with E-state index in [0.717, 1.165) is 35.7 Å². The smallest absolute Gasteiger partial charge is 0.131 e. The van der Waals surface area contributed by atoms with Gasteiger partial charge in [0, 0.05) is 18.2 Å². The van der Waals surface area contributed by atoms with Crippen LogP contribution in [0.3, 0.4) is 0 Å². The molecule has 4 heteroatoms. The summed E-state index contributed by atoms with van der Waals surface area (Å²) in [7, 11) is 3.33. The van der Waals surface area contributed by atoms with Gasteiger partial charge < -0.3 is 9.47 Å². The van der Waals surface area contributed by atoms with Gasteiger partial charge >= 0.3 is 0 Å². The lowest BCUT2D eigenvalue weighted by atomic mass is 10.0. The van der Waals surface area contributed by atoms with Gasteiger partial charge in [0.1, 0.15) is 11.5 Å². The molecule has 2 aromatic rings. The van der Waals surface area contributed by atoms with Crippen LogP contribution in [0.15, 0.2) is 34.6 Å². The van der Waals surface area contributed by atoms with Crippen LogP contribution in [0.4, 0.5) is 0 Å². The summed E-state index contributed by atoms with van der Waals surface area (Å²) in [6.45, 7) is 0.842. The van der Waals surface area contributed by atoms with Crippen molar-refractivity contribution in [1.82, 2.24) is 0 Å². The maximum atomic E-state index is 5.48. The zero-order valence-corrected chi connectivity index (χ0v) is 11.8. The van der Waals surface area contributed by atoms with Crippen molar-refractivity contribution in [3.8, 4) is 11.5 Å². The number of ether oxygens (including phenoxy) is 2. The van der Waals surface area contributed by atoms with E-state index < -0.39 is 0 Å². The molecule has 2 heterocycles. The Hall–Kier alpha value is -1.81. The largest absolute Gasteiger partial charge is 0.497 e. The fourth-order valence-electron chi connectivity index (χ4n) is 2.30. The van der Waals surface area contributed by atoms with E-state index in [1.54, 1.807) is 25.6 Å². The van der Waals surface area contributed by atoms with Crippen LogP contribution in [0, 0.1) is 0 Å². The molecule has 0 saturated carbocycles. The minimum atomic E-state index is 0.795. The molecule has 1 aromatic heterocycles. The van der Waals surface area contributed by atoms with Crippen LogP contribution in [0.1, 0.15) is 16.0 Å². The van der Waals surface area contributed by atoms with Crippen LogP contribution in [0.5, 0.6) is 11.5 Å². The Balaban J connectivity index is 2.10. The average Bonchev–Trinajstić information content (AvgIpc) is 2.95. The predicted molar refractivity (Wildman–Crippen MR) is 78.1 cm³/mol. The maximum Gasteiger partial charge on any atom is 0.131 e. The number of hydrogen-bond donors (Lipinski definition) is 0. The molecule has 0 aliphatic carbocycles. The molecule has 3 rings (SSSR count). The monoisotopic (exact) mass is 273 g/mol. The highest BCUT2D eigenvalue weighted by Crippen LogP contribution is 2.31. The second kappa shape index (κ2) is 5.05. The van der Waals surface area contributed by atoms with Crippen LogP contribution in [0.2, 0.25) is 0 Å². The van der Waals surface area contributed by atoms with Gasteiger partial charge in [0.05, 0.1) is 24.8 Å². The van der Waals surface area contributed by atoms with Gasteiger partial charge in [-0.15, -0.1) is 11.3 Å². The molecule has 3 nitrogen and oxygen atoms in total. The Kier molecular flexibility index (Phi) is 3.25. The van der Waals surface area contributed by atoms with Crippen LogP contribution >= 0.6 is 11.3 Å². The van der Waals surface area contributed by atoms with E-state index >= 15 is 0 Å². The van der Waals surface area contributed by atoms with Crippen LogP contribution in [-0.4, -0.2) is 26.5 Å². The highest BCUT2D eigenvalue weighted by Gasteiger charge is 2.20. The molecule has 0 N–H and O–H groups in total. The van der Waals surface area contributed by atoms with Gasteiger partial charge in [-0.3, -0.25) is 4.99 Å². The second-order valence-corrected chi connectivity index (χ2v) is 5.24. The molecule has 0 fully saturated rings. The Labute approximate surface area is 116 Å². The molecule has 0 radical (unpaired) electrons. The fraction of sp³-hybridized carbons (Fsp3) is 0.267. The molecular formula is C15H15NO2S. The molecule has 0 saturated heterocycles. The maximum absolute atomic E-state index is 5.48. The highest BCUT2D eigenvalue weighted by atomic mass is 32.1. The lowest BCUT2D eigenvalue weighted by Gasteiger charge is -2.16. The van der Waals surface area contributed by atoms with E-state index in [-0.39, 0.29) is 0 Å². The van der Waals surface area contributed by atoms with Gasteiger partial charge in [0.15, 0.2) is 0 Å². The first-order valence-electron chi connectivity index (χ1n) is 6.17. The van der Waals surface area contributed by atoms with Crippen molar-refractivity contribution >= 4 is 17.0 Å². The van der Waals surface area contributed by atoms with Crippen molar-refractivity contribution in [3.05, 3.63) is 45.6 Å². The second-order valence-electron chi connectivity index (χ2n) is 4.32. The van der Waals surface area contributed by atoms with Gasteiger partial charge in [0.2, 0.25) is 0 Å². The predicted octanol–water partition coefficient (Wildman–Crippen LogP) is 3.16. The van der Waals surface area contributed by atoms with Crippen LogP contribution in [0.25, 0.3) is 0 Å². The van der Waals surface area contributed by atoms with Gasteiger partial charge in [-0.1, -0.05) is 0 Å². The van der Waals surface area contributed by atoms with E-state index in [9.17, 15) is 0 Å². The Morgan fingerprint density at radius 1 is 1.16 bits per heavy atom. The number of aliphatic imine (C=N–C) groups is 1. The number of benzene rings is 1. The van der Waals surface area contributed by atoms with Crippen LogP contribution in [-0.2, 0) is 6.42 Å². The Bertz CT molecular complexity index is 631. The van der Waals surface area contributed by atoms with Gasteiger partial charge in [0.25, 0.3) is 0 Å². The molecule has 0 amide bonds. The number of rotatable bonds is 3. The quantitative estimate of drug-likeness (QED) is 0.860. The van der Waals surface area contributed by atoms with E-state index in [0.29, 0.717) is 0 Å². The molecule has 19 heavy (non-hydrogen) atoms. The topological polar surface area (TPSA) is 30.8 Å². The van der Waals surface area contributed by atoms with Gasteiger partial charge in [-0.05, 0) is 35.6 Å². The third-order valence-electron chi connectivity index (χ3n) is 3.28. The number of hydrogen-bond acceptors (Lipinski definition) is 4. The van der Waals surface area contributed by atoms with Crippen molar-refractivity contribution in [1.29, 1.82) is 0 Å². The molecule has 1 aliphatic heterocycles. The van der Waals surface area contributed by atoms with Crippen molar-refractivity contribution in [2.45, 2.75) is 6.42 Å². The molecule has 1 aromatic carbocycles. The molecule has 0 spiro atoms. The van der Waals surface area contributed by atoms with Crippen molar-refractivity contribution in [2.24, 2.45) is 4.99 Å². The summed E-state index contributed by atoms with van der Waals surface area (Å²) in [5.74, 6) is 1.60. The zero-order valence-electron chi connectivity index (χ0n) is 11.0. The number of thiophene rings is 1. The minimum Gasteiger partial charge on any atom is -0.497 e. The first-order valence-corrected chi connectivity index (χ1v) is 7.05. The lowest BCUT2D eigenvalue weighted by molar-refractivity contribution is 0.394. The minimum absolute atomic E-state index is 0.795. The molecule has 0 bridgehead atoms. The van der Waals surface area contributed by atoms with E-state index in [2.05, 4.69) is 16.4 Å². The summed E-state index contributed by atoms with van der Waals surface area (Å²) in [6.07, 6.45) is 1.03. The number of fused-ring (bicyclic) bond motifs is 1. The summed E-state index contributed by atoms with van der Waals surface area (Å²) in [5, 5.41) is 2.13. The molecule has 1 aliphatic rings. The molecular weight excluding hydrogens is 258 g/mol. The highest BCUT2D eigenvalue weighted by molar-refractivity contribution is 7.12. The van der Waals surface area contributed by atoms with E-state index in [4.69, 9.17) is 9.47 Å². The SMILES string of the molecule is COc1ccc(C2=NCCc3ccsc32)c(OC)c1.